The Morgan fingerprint density at radius 1 is 1.37 bits per heavy atom. The van der Waals surface area contributed by atoms with E-state index in [0.29, 0.717) is 18.8 Å². The number of thiophene rings is 1. The summed E-state index contributed by atoms with van der Waals surface area (Å²) in [6, 6.07) is 5.30. The lowest BCUT2D eigenvalue weighted by Gasteiger charge is -2.36. The highest BCUT2D eigenvalue weighted by Gasteiger charge is 2.30. The molecule has 0 aliphatic carbocycles. The van der Waals surface area contributed by atoms with Crippen molar-refractivity contribution in [3.8, 4) is 0 Å². The van der Waals surface area contributed by atoms with Crippen LogP contribution in [0, 0.1) is 12.7 Å². The zero-order valence-corrected chi connectivity index (χ0v) is 15.9. The minimum atomic E-state index is -0.363. The molecule has 8 heteroatoms. The number of carbonyl (C=O) groups excluding carboxylic acids is 1. The summed E-state index contributed by atoms with van der Waals surface area (Å²) < 4.78 is 14.4. The number of aromatic nitrogens is 2. The number of halogens is 1. The first kappa shape index (κ1) is 17.8. The van der Waals surface area contributed by atoms with Gasteiger partial charge in [0.2, 0.25) is 0 Å². The first-order valence-corrected chi connectivity index (χ1v) is 9.55. The number of fused-ring (bicyclic) bond motifs is 1. The van der Waals surface area contributed by atoms with Crippen LogP contribution < -0.4 is 11.1 Å². The minimum absolute atomic E-state index is 0.0506. The Morgan fingerprint density at radius 2 is 2.15 bits per heavy atom. The van der Waals surface area contributed by atoms with E-state index in [0.717, 1.165) is 26.3 Å². The highest BCUT2D eigenvalue weighted by atomic mass is 32.1. The number of nitrogens with zero attached hydrogens (tertiary/aromatic N) is 3. The molecule has 3 aromatic heterocycles. The van der Waals surface area contributed by atoms with Crippen molar-refractivity contribution in [2.24, 2.45) is 5.73 Å². The zero-order valence-electron chi connectivity index (χ0n) is 15.1. The summed E-state index contributed by atoms with van der Waals surface area (Å²) >= 11 is 1.55. The molecule has 1 aliphatic heterocycles. The number of aryl methyl sites for hydroxylation is 1. The van der Waals surface area contributed by atoms with Crippen molar-refractivity contribution >= 4 is 32.3 Å². The molecule has 6 nitrogen and oxygen atoms in total. The fraction of sp³-hybridized carbons (Fsp3) is 0.316. The van der Waals surface area contributed by atoms with Gasteiger partial charge in [0.05, 0.1) is 17.2 Å². The van der Waals surface area contributed by atoms with E-state index >= 15 is 0 Å². The molecule has 1 atom stereocenters. The van der Waals surface area contributed by atoms with E-state index in [1.165, 1.54) is 12.3 Å². The van der Waals surface area contributed by atoms with Crippen molar-refractivity contribution in [3.63, 3.8) is 0 Å². The number of anilines is 1. The Labute approximate surface area is 160 Å². The number of hydrogen-bond donors (Lipinski definition) is 2. The molecular formula is C19H20FN5OS. The van der Waals surface area contributed by atoms with Crippen LogP contribution in [0.5, 0.6) is 0 Å². The predicted octanol–water partition coefficient (Wildman–Crippen LogP) is 3.10. The molecule has 0 unspecified atom stereocenters. The van der Waals surface area contributed by atoms with Crippen LogP contribution in [-0.4, -0.2) is 39.9 Å². The molecule has 140 valence electrons. The van der Waals surface area contributed by atoms with Gasteiger partial charge in [-0.05, 0) is 37.6 Å². The van der Waals surface area contributed by atoms with Crippen molar-refractivity contribution in [1.29, 1.82) is 0 Å². The summed E-state index contributed by atoms with van der Waals surface area (Å²) in [5, 5.41) is 5.08. The van der Waals surface area contributed by atoms with E-state index in [-0.39, 0.29) is 23.8 Å². The Bertz CT molecular complexity index is 1010. The van der Waals surface area contributed by atoms with Crippen LogP contribution in [-0.2, 0) is 0 Å². The van der Waals surface area contributed by atoms with Gasteiger partial charge < -0.3 is 16.0 Å². The van der Waals surface area contributed by atoms with E-state index in [1.807, 2.05) is 26.0 Å². The fourth-order valence-corrected chi connectivity index (χ4v) is 4.32. The predicted molar refractivity (Wildman–Crippen MR) is 104 cm³/mol. The second-order valence-electron chi connectivity index (χ2n) is 6.91. The minimum Gasteiger partial charge on any atom is -0.370 e. The Hall–Kier alpha value is -2.58. The maximum Gasteiger partial charge on any atom is 0.273 e. The van der Waals surface area contributed by atoms with Crippen LogP contribution in [0.25, 0.3) is 10.1 Å². The third-order valence-corrected chi connectivity index (χ3v) is 5.64. The van der Waals surface area contributed by atoms with E-state index in [9.17, 15) is 9.18 Å². The molecule has 0 saturated carbocycles. The fourth-order valence-electron chi connectivity index (χ4n) is 3.18. The summed E-state index contributed by atoms with van der Waals surface area (Å²) in [4.78, 5) is 22.9. The number of nitrogens with two attached hydrogens (primary N) is 1. The molecule has 0 bridgehead atoms. The quantitative estimate of drug-likeness (QED) is 0.721. The van der Waals surface area contributed by atoms with Gasteiger partial charge in [-0.25, -0.2) is 9.37 Å². The molecule has 1 amide bonds. The summed E-state index contributed by atoms with van der Waals surface area (Å²) in [5.74, 6) is -0.449. The molecule has 0 radical (unpaired) electrons. The maximum atomic E-state index is 13.4. The molecule has 4 heterocycles. The normalized spacial score (nSPS) is 15.6. The molecule has 27 heavy (non-hydrogen) atoms. The van der Waals surface area contributed by atoms with E-state index in [1.54, 1.807) is 22.4 Å². The van der Waals surface area contributed by atoms with Gasteiger partial charge >= 0.3 is 0 Å². The number of carbonyl (C=O) groups is 1. The van der Waals surface area contributed by atoms with Gasteiger partial charge in [0, 0.05) is 41.1 Å². The van der Waals surface area contributed by atoms with Gasteiger partial charge in [-0.3, -0.25) is 9.78 Å². The Morgan fingerprint density at radius 3 is 2.85 bits per heavy atom. The van der Waals surface area contributed by atoms with Crippen LogP contribution in [0.3, 0.4) is 0 Å². The maximum absolute atomic E-state index is 13.4. The van der Waals surface area contributed by atoms with Crippen molar-refractivity contribution in [3.05, 3.63) is 53.4 Å². The first-order chi connectivity index (χ1) is 12.9. The summed E-state index contributed by atoms with van der Waals surface area (Å²) in [6.45, 7) is 4.95. The highest BCUT2D eigenvalue weighted by Crippen LogP contribution is 2.34. The smallest absolute Gasteiger partial charge is 0.273 e. The summed E-state index contributed by atoms with van der Waals surface area (Å²) in [6.07, 6.45) is 2.82. The van der Waals surface area contributed by atoms with Crippen molar-refractivity contribution in [2.45, 2.75) is 25.9 Å². The van der Waals surface area contributed by atoms with Crippen molar-refractivity contribution in [2.75, 3.05) is 18.4 Å². The third-order valence-electron chi connectivity index (χ3n) is 4.63. The second-order valence-corrected chi connectivity index (χ2v) is 7.99. The number of rotatable bonds is 4. The number of hydrogen-bond acceptors (Lipinski definition) is 6. The average Bonchev–Trinajstić information content (AvgIpc) is 2.99. The van der Waals surface area contributed by atoms with Gasteiger partial charge in [-0.15, -0.1) is 11.3 Å². The number of nitrogens with one attached hydrogen (secondary N) is 1. The second kappa shape index (κ2) is 6.86. The van der Waals surface area contributed by atoms with Crippen molar-refractivity contribution < 1.29 is 9.18 Å². The lowest BCUT2D eigenvalue weighted by atomic mass is 10.1. The largest absolute Gasteiger partial charge is 0.370 e. The number of pyridine rings is 2. The highest BCUT2D eigenvalue weighted by molar-refractivity contribution is 7.22. The molecule has 4 rings (SSSR count). The van der Waals surface area contributed by atoms with Crippen LogP contribution in [0.15, 0.2) is 30.6 Å². The van der Waals surface area contributed by atoms with E-state index in [2.05, 4.69) is 15.3 Å². The standard InChI is InChI=1S/C19H20FN5OS/c1-10-3-16-15(18(23-10)19(26)25-8-14(21)9-25)5-17(27-16)24-11(2)12-4-13(20)7-22-6-12/h3-7,11,14,24H,8-9,21H2,1-2H3/t11-/m0/s1. The summed E-state index contributed by atoms with van der Waals surface area (Å²) in [5.41, 5.74) is 7.81. The van der Waals surface area contributed by atoms with E-state index < -0.39 is 0 Å². The summed E-state index contributed by atoms with van der Waals surface area (Å²) in [7, 11) is 0. The van der Waals surface area contributed by atoms with Crippen LogP contribution in [0.4, 0.5) is 9.39 Å². The average molecular weight is 385 g/mol. The molecule has 1 aliphatic rings. The lowest BCUT2D eigenvalue weighted by molar-refractivity contribution is 0.0604. The Balaban J connectivity index is 1.63. The molecule has 1 fully saturated rings. The molecule has 1 saturated heterocycles. The molecule has 0 aromatic carbocycles. The number of amides is 1. The van der Waals surface area contributed by atoms with Gasteiger partial charge in [0.1, 0.15) is 11.5 Å². The van der Waals surface area contributed by atoms with Gasteiger partial charge in [0.15, 0.2) is 0 Å². The first-order valence-electron chi connectivity index (χ1n) is 8.73. The molecule has 3 N–H and O–H groups in total. The third kappa shape index (κ3) is 3.50. The molecule has 0 spiro atoms. The topological polar surface area (TPSA) is 84.1 Å². The lowest BCUT2D eigenvalue weighted by Crippen LogP contribution is -2.58. The zero-order chi connectivity index (χ0) is 19.1. The van der Waals surface area contributed by atoms with Crippen LogP contribution in [0.2, 0.25) is 0 Å². The monoisotopic (exact) mass is 385 g/mol. The van der Waals surface area contributed by atoms with E-state index in [4.69, 9.17) is 5.73 Å². The van der Waals surface area contributed by atoms with Crippen molar-refractivity contribution in [1.82, 2.24) is 14.9 Å². The van der Waals surface area contributed by atoms with Gasteiger partial charge in [-0.2, -0.15) is 0 Å². The molecular weight excluding hydrogens is 365 g/mol. The molecule has 3 aromatic rings. The van der Waals surface area contributed by atoms with Crippen LogP contribution in [0.1, 0.15) is 34.7 Å². The van der Waals surface area contributed by atoms with Gasteiger partial charge in [-0.1, -0.05) is 0 Å². The number of likely N-dealkylation sites (tertiary alicyclic amines) is 1. The van der Waals surface area contributed by atoms with Gasteiger partial charge in [0.25, 0.3) is 5.91 Å². The Kier molecular flexibility index (Phi) is 4.53. The SMILES string of the molecule is Cc1cc2sc(N[C@@H](C)c3cncc(F)c3)cc2c(C(=O)N2CC(N)C2)n1. The van der Waals surface area contributed by atoms with Crippen LogP contribution >= 0.6 is 11.3 Å².